The van der Waals surface area contributed by atoms with Crippen LogP contribution in [0.5, 0.6) is 0 Å². The van der Waals surface area contributed by atoms with Crippen LogP contribution in [0.3, 0.4) is 0 Å². The number of nitrogens with zero attached hydrogens (tertiary/aromatic N) is 3. The van der Waals surface area contributed by atoms with Crippen LogP contribution in [0, 0.1) is 0 Å². The number of halogens is 1. The minimum atomic E-state index is -0.0944. The van der Waals surface area contributed by atoms with E-state index in [2.05, 4.69) is 14.9 Å². The van der Waals surface area contributed by atoms with Crippen LogP contribution >= 0.6 is 11.6 Å². The lowest BCUT2D eigenvalue weighted by Crippen LogP contribution is -2.42. The molecule has 1 unspecified atom stereocenters. The Morgan fingerprint density at radius 2 is 2.04 bits per heavy atom. The van der Waals surface area contributed by atoms with E-state index < -0.39 is 0 Å². The predicted octanol–water partition coefficient (Wildman–Crippen LogP) is 2.90. The lowest BCUT2D eigenvalue weighted by Gasteiger charge is -2.36. The van der Waals surface area contributed by atoms with Crippen LogP contribution in [0.25, 0.3) is 6.08 Å². The summed E-state index contributed by atoms with van der Waals surface area (Å²) >= 11 is 6.13. The molecule has 0 amide bonds. The number of anilines is 2. The Kier molecular flexibility index (Phi) is 4.31. The largest absolute Gasteiger partial charge is 0.355 e. The second kappa shape index (κ2) is 6.24. The van der Waals surface area contributed by atoms with E-state index in [4.69, 9.17) is 11.6 Å². The summed E-state index contributed by atoms with van der Waals surface area (Å²) in [7, 11) is 0. The molecule has 6 heteroatoms. The van der Waals surface area contributed by atoms with Crippen molar-refractivity contribution in [2.75, 3.05) is 29.4 Å². The molecule has 3 rings (SSSR count). The first-order valence-electron chi connectivity index (χ1n) is 8.01. The molecule has 0 saturated heterocycles. The van der Waals surface area contributed by atoms with Gasteiger partial charge in [0.15, 0.2) is 0 Å². The third-order valence-corrected chi connectivity index (χ3v) is 4.56. The maximum atomic E-state index is 12.7. The highest BCUT2D eigenvalue weighted by atomic mass is 35.5. The van der Waals surface area contributed by atoms with E-state index in [1.807, 2.05) is 50.0 Å². The van der Waals surface area contributed by atoms with Gasteiger partial charge in [0.2, 0.25) is 5.95 Å². The lowest BCUT2D eigenvalue weighted by atomic mass is 9.94. The summed E-state index contributed by atoms with van der Waals surface area (Å²) in [6.45, 7) is 8.44. The monoisotopic (exact) mass is 332 g/mol. The van der Waals surface area contributed by atoms with Crippen LogP contribution in [0.15, 0.2) is 33.6 Å². The topological polar surface area (TPSA) is 52.2 Å². The average molecular weight is 333 g/mol. The van der Waals surface area contributed by atoms with Gasteiger partial charge in [-0.2, -0.15) is 0 Å². The van der Waals surface area contributed by atoms with Gasteiger partial charge in [-0.1, -0.05) is 17.7 Å². The number of aromatic nitrogens is 2. The first-order valence-corrected chi connectivity index (χ1v) is 8.39. The number of aromatic amines is 1. The first-order chi connectivity index (χ1) is 11.1. The first kappa shape index (κ1) is 15.9. The molecule has 0 saturated carbocycles. The van der Waals surface area contributed by atoms with E-state index in [1.54, 1.807) is 0 Å². The highest BCUT2D eigenvalue weighted by Crippen LogP contribution is 2.34. The maximum Gasteiger partial charge on any atom is 0.276 e. The van der Waals surface area contributed by atoms with E-state index in [0.29, 0.717) is 22.4 Å². The van der Waals surface area contributed by atoms with Gasteiger partial charge in [0.05, 0.1) is 11.7 Å². The summed E-state index contributed by atoms with van der Waals surface area (Å²) in [6.07, 6.45) is 7.82. The number of hydrogen-bond acceptors (Lipinski definition) is 4. The minimum absolute atomic E-state index is 0.0391. The molecular weight excluding hydrogens is 312 g/mol. The number of H-pyrrole nitrogens is 1. The zero-order valence-electron chi connectivity index (χ0n) is 13.6. The van der Waals surface area contributed by atoms with Crippen molar-refractivity contribution < 1.29 is 0 Å². The highest BCUT2D eigenvalue weighted by Gasteiger charge is 2.30. The molecule has 0 spiro atoms. The number of allylic oxidation sites excluding steroid dienone is 2. The third kappa shape index (κ3) is 2.70. The van der Waals surface area contributed by atoms with Crippen molar-refractivity contribution in [3.8, 4) is 0 Å². The zero-order chi connectivity index (χ0) is 16.6. The van der Waals surface area contributed by atoms with Crippen molar-refractivity contribution in [1.29, 1.82) is 0 Å². The lowest BCUT2D eigenvalue weighted by molar-refractivity contribution is 0.756. The van der Waals surface area contributed by atoms with Crippen molar-refractivity contribution in [2.24, 2.45) is 0 Å². The molecule has 122 valence electrons. The highest BCUT2D eigenvalue weighted by molar-refractivity contribution is 6.31. The predicted molar refractivity (Wildman–Crippen MR) is 96.3 cm³/mol. The fourth-order valence-corrected chi connectivity index (χ4v) is 3.37. The maximum absolute atomic E-state index is 12.7. The Hall–Kier alpha value is -2.01. The molecular formula is C17H21ClN4O. The van der Waals surface area contributed by atoms with Crippen LogP contribution in [0.2, 0.25) is 0 Å². The van der Waals surface area contributed by atoms with E-state index in [9.17, 15) is 4.79 Å². The molecule has 1 aliphatic carbocycles. The van der Waals surface area contributed by atoms with E-state index in [1.165, 1.54) is 0 Å². The van der Waals surface area contributed by atoms with Gasteiger partial charge in [0.1, 0.15) is 5.69 Å². The van der Waals surface area contributed by atoms with Crippen molar-refractivity contribution in [3.63, 3.8) is 0 Å². The summed E-state index contributed by atoms with van der Waals surface area (Å²) in [5.41, 5.74) is 2.31. The van der Waals surface area contributed by atoms with Gasteiger partial charge in [-0.05, 0) is 44.6 Å². The SMILES string of the molecule is CCN(CC)c1nc2c(c(=O)[nH]1)N(CC)C1C=CC(Cl)=CC1=C2. The number of nitrogens with one attached hydrogen (secondary N) is 1. The fraction of sp³-hybridized carbons (Fsp3) is 0.412. The summed E-state index contributed by atoms with van der Waals surface area (Å²) in [6, 6.07) is 0.0391. The van der Waals surface area contributed by atoms with Gasteiger partial charge < -0.3 is 9.80 Å². The molecule has 1 atom stereocenters. The van der Waals surface area contributed by atoms with Crippen molar-refractivity contribution in [1.82, 2.24) is 9.97 Å². The Morgan fingerprint density at radius 3 is 2.70 bits per heavy atom. The van der Waals surface area contributed by atoms with Crippen LogP contribution in [-0.2, 0) is 0 Å². The molecule has 0 bridgehead atoms. The van der Waals surface area contributed by atoms with Gasteiger partial charge in [0, 0.05) is 24.7 Å². The quantitative estimate of drug-likeness (QED) is 0.921. The number of hydrogen-bond donors (Lipinski definition) is 1. The summed E-state index contributed by atoms with van der Waals surface area (Å²) < 4.78 is 0. The third-order valence-electron chi connectivity index (χ3n) is 4.32. The smallest absolute Gasteiger partial charge is 0.276 e. The van der Waals surface area contributed by atoms with Crippen LogP contribution < -0.4 is 15.4 Å². The van der Waals surface area contributed by atoms with Gasteiger partial charge in [-0.15, -0.1) is 0 Å². The second-order valence-corrected chi connectivity index (χ2v) is 6.00. The van der Waals surface area contributed by atoms with Crippen LogP contribution in [0.4, 0.5) is 11.6 Å². The second-order valence-electron chi connectivity index (χ2n) is 5.56. The molecule has 2 aliphatic rings. The molecule has 0 aromatic carbocycles. The molecule has 1 N–H and O–H groups in total. The molecule has 23 heavy (non-hydrogen) atoms. The normalized spacial score (nSPS) is 19.0. The van der Waals surface area contributed by atoms with Crippen LogP contribution in [-0.4, -0.2) is 35.6 Å². The van der Waals surface area contributed by atoms with Gasteiger partial charge in [-0.25, -0.2) is 4.98 Å². The Labute approximate surface area is 141 Å². The van der Waals surface area contributed by atoms with Crippen molar-refractivity contribution in [3.05, 3.63) is 44.9 Å². The Balaban J connectivity index is 2.17. The number of likely N-dealkylation sites (N-methyl/N-ethyl adjacent to an activating group) is 1. The summed E-state index contributed by atoms with van der Waals surface area (Å²) in [5.74, 6) is 0.617. The molecule has 5 nitrogen and oxygen atoms in total. The van der Waals surface area contributed by atoms with Gasteiger partial charge in [-0.3, -0.25) is 9.78 Å². The molecule has 1 aliphatic heterocycles. The summed E-state index contributed by atoms with van der Waals surface area (Å²) in [4.78, 5) is 24.4. The van der Waals surface area contributed by atoms with Gasteiger partial charge in [0.25, 0.3) is 5.56 Å². The van der Waals surface area contributed by atoms with E-state index in [0.717, 1.165) is 25.2 Å². The average Bonchev–Trinajstić information content (AvgIpc) is 2.53. The molecule has 1 aromatic rings. The molecule has 0 fully saturated rings. The standard InChI is InChI=1S/C17H21ClN4O/c1-4-21(5-2)17-19-13-10-11-9-12(18)7-8-14(11)22(6-3)15(13)16(23)20-17/h7-10,14H,4-6H2,1-3H3,(H,19,20,23). The molecule has 1 aromatic heterocycles. The van der Waals surface area contributed by atoms with Crippen LogP contribution in [0.1, 0.15) is 26.5 Å². The Morgan fingerprint density at radius 1 is 1.30 bits per heavy atom. The number of fused-ring (bicyclic) bond motifs is 2. The van der Waals surface area contributed by atoms with E-state index in [-0.39, 0.29) is 11.6 Å². The van der Waals surface area contributed by atoms with Gasteiger partial charge >= 0.3 is 0 Å². The van der Waals surface area contributed by atoms with Crippen molar-refractivity contribution in [2.45, 2.75) is 26.8 Å². The summed E-state index contributed by atoms with van der Waals surface area (Å²) in [5, 5.41) is 0.695. The fourth-order valence-electron chi connectivity index (χ4n) is 3.17. The molecule has 2 heterocycles. The molecule has 0 radical (unpaired) electrons. The van der Waals surface area contributed by atoms with E-state index >= 15 is 0 Å². The zero-order valence-corrected chi connectivity index (χ0v) is 14.4. The van der Waals surface area contributed by atoms with Crippen molar-refractivity contribution >= 4 is 29.3 Å². The number of rotatable bonds is 4. The Bertz CT molecular complexity index is 758. The minimum Gasteiger partial charge on any atom is -0.355 e.